The zero-order valence-electron chi connectivity index (χ0n) is 12.2. The summed E-state index contributed by atoms with van der Waals surface area (Å²) in [7, 11) is 0. The van der Waals surface area contributed by atoms with E-state index in [0.29, 0.717) is 11.3 Å². The van der Waals surface area contributed by atoms with Gasteiger partial charge < -0.3 is 4.74 Å². The van der Waals surface area contributed by atoms with Crippen LogP contribution in [0.4, 0.5) is 5.69 Å². The lowest BCUT2D eigenvalue weighted by molar-refractivity contribution is -0.385. The molecule has 2 atom stereocenters. The fourth-order valence-corrected chi connectivity index (χ4v) is 4.51. The van der Waals surface area contributed by atoms with Gasteiger partial charge in [0, 0.05) is 48.4 Å². The second kappa shape index (κ2) is 6.34. The minimum atomic E-state index is -0.290. The van der Waals surface area contributed by atoms with E-state index in [2.05, 4.69) is 4.90 Å². The van der Waals surface area contributed by atoms with Crippen LogP contribution in [0.3, 0.4) is 0 Å². The molecule has 3 rings (SSSR count). The Balaban J connectivity index is 1.76. The molecule has 1 aromatic carbocycles. The van der Waals surface area contributed by atoms with E-state index in [1.165, 1.54) is 0 Å². The Bertz CT molecular complexity index is 536. The Morgan fingerprint density at radius 1 is 1.52 bits per heavy atom. The largest absolute Gasteiger partial charge is 0.380 e. The number of ether oxygens (including phenoxy) is 1. The molecule has 0 saturated carbocycles. The lowest BCUT2D eigenvalue weighted by Crippen LogP contribution is -2.51. The number of nitrogens with zero attached hydrogens (tertiary/aromatic N) is 2. The maximum Gasteiger partial charge on any atom is 0.272 e. The number of thioether (sulfide) groups is 1. The normalized spacial score (nSPS) is 26.3. The van der Waals surface area contributed by atoms with Crippen molar-refractivity contribution >= 4 is 17.4 Å². The molecule has 0 unspecified atom stereocenters. The molecule has 2 heterocycles. The van der Waals surface area contributed by atoms with E-state index in [9.17, 15) is 10.1 Å². The molecule has 1 aromatic rings. The predicted molar refractivity (Wildman–Crippen MR) is 83.7 cm³/mol. The molecular formula is C15H20N2O3S. The number of nitro benzene ring substituents is 1. The van der Waals surface area contributed by atoms with Gasteiger partial charge in [-0.15, -0.1) is 0 Å². The molecule has 0 amide bonds. The summed E-state index contributed by atoms with van der Waals surface area (Å²) in [6.07, 6.45) is 1.06. The number of aryl methyl sites for hydroxylation is 1. The molecular weight excluding hydrogens is 288 g/mol. The van der Waals surface area contributed by atoms with Crippen LogP contribution >= 0.6 is 11.8 Å². The van der Waals surface area contributed by atoms with Gasteiger partial charge in [0.15, 0.2) is 0 Å². The van der Waals surface area contributed by atoms with Crippen LogP contribution in [-0.4, -0.2) is 46.6 Å². The lowest BCUT2D eigenvalue weighted by atomic mass is 10.0. The van der Waals surface area contributed by atoms with Gasteiger partial charge in [-0.05, 0) is 18.9 Å². The third kappa shape index (κ3) is 3.22. The molecule has 0 spiro atoms. The van der Waals surface area contributed by atoms with Crippen molar-refractivity contribution in [2.75, 3.05) is 25.5 Å². The lowest BCUT2D eigenvalue weighted by Gasteiger charge is -2.43. The van der Waals surface area contributed by atoms with E-state index >= 15 is 0 Å². The van der Waals surface area contributed by atoms with Gasteiger partial charge in [0.05, 0.1) is 11.5 Å². The second-order valence-electron chi connectivity index (χ2n) is 5.69. The van der Waals surface area contributed by atoms with E-state index in [1.54, 1.807) is 13.0 Å². The highest BCUT2D eigenvalue weighted by molar-refractivity contribution is 8.00. The van der Waals surface area contributed by atoms with Crippen molar-refractivity contribution in [2.24, 2.45) is 0 Å². The minimum Gasteiger partial charge on any atom is -0.380 e. The first-order valence-electron chi connectivity index (χ1n) is 7.32. The van der Waals surface area contributed by atoms with Crippen LogP contribution in [0, 0.1) is 17.0 Å². The van der Waals surface area contributed by atoms with E-state index in [1.807, 2.05) is 23.9 Å². The van der Waals surface area contributed by atoms with Gasteiger partial charge in [0.2, 0.25) is 0 Å². The summed E-state index contributed by atoms with van der Waals surface area (Å²) in [5.74, 6) is 1.11. The van der Waals surface area contributed by atoms with Crippen LogP contribution in [0.1, 0.15) is 17.5 Å². The van der Waals surface area contributed by atoms with Crippen LogP contribution in [0.25, 0.3) is 0 Å². The first-order valence-corrected chi connectivity index (χ1v) is 8.37. The average Bonchev–Trinajstić information content (AvgIpc) is 2.49. The third-order valence-corrected chi connectivity index (χ3v) is 5.60. The van der Waals surface area contributed by atoms with Gasteiger partial charge in [-0.25, -0.2) is 0 Å². The summed E-state index contributed by atoms with van der Waals surface area (Å²) in [6.45, 7) is 5.29. The Kier molecular flexibility index (Phi) is 4.47. The molecule has 2 aliphatic rings. The zero-order valence-corrected chi connectivity index (χ0v) is 13.0. The molecule has 0 aromatic heterocycles. The number of benzene rings is 1. The van der Waals surface area contributed by atoms with Gasteiger partial charge >= 0.3 is 0 Å². The van der Waals surface area contributed by atoms with Crippen molar-refractivity contribution in [3.63, 3.8) is 0 Å². The number of rotatable bonds is 3. The monoisotopic (exact) mass is 308 g/mol. The highest BCUT2D eigenvalue weighted by Crippen LogP contribution is 2.31. The van der Waals surface area contributed by atoms with Crippen molar-refractivity contribution in [1.29, 1.82) is 0 Å². The van der Waals surface area contributed by atoms with Crippen molar-refractivity contribution in [2.45, 2.75) is 31.2 Å². The molecule has 0 bridgehead atoms. The first-order chi connectivity index (χ1) is 10.1. The van der Waals surface area contributed by atoms with Crippen molar-refractivity contribution in [3.05, 3.63) is 39.4 Å². The molecule has 0 aliphatic carbocycles. The SMILES string of the molecule is Cc1ccc(CN2CCS[C@H]3COCC[C@H]32)cc1[N+](=O)[O-]. The Labute approximate surface area is 128 Å². The summed E-state index contributed by atoms with van der Waals surface area (Å²) in [5, 5.41) is 11.6. The number of hydrogen-bond donors (Lipinski definition) is 0. The molecule has 2 aliphatic heterocycles. The number of nitro groups is 1. The number of hydrogen-bond acceptors (Lipinski definition) is 5. The molecule has 2 saturated heterocycles. The van der Waals surface area contributed by atoms with Crippen molar-refractivity contribution in [1.82, 2.24) is 4.90 Å². The van der Waals surface area contributed by atoms with Crippen LogP contribution < -0.4 is 0 Å². The molecule has 2 fully saturated rings. The van der Waals surface area contributed by atoms with Crippen LogP contribution in [0.5, 0.6) is 0 Å². The molecule has 0 radical (unpaired) electrons. The van der Waals surface area contributed by atoms with E-state index < -0.39 is 0 Å². The maximum atomic E-state index is 11.1. The van der Waals surface area contributed by atoms with Crippen molar-refractivity contribution in [3.8, 4) is 0 Å². The summed E-state index contributed by atoms with van der Waals surface area (Å²) in [5.41, 5.74) is 1.98. The minimum absolute atomic E-state index is 0.224. The summed E-state index contributed by atoms with van der Waals surface area (Å²) < 4.78 is 5.57. The fraction of sp³-hybridized carbons (Fsp3) is 0.600. The molecule has 6 heteroatoms. The van der Waals surface area contributed by atoms with E-state index in [-0.39, 0.29) is 10.6 Å². The fourth-order valence-electron chi connectivity index (χ4n) is 3.15. The summed E-state index contributed by atoms with van der Waals surface area (Å²) in [6, 6.07) is 6.13. The average molecular weight is 308 g/mol. The van der Waals surface area contributed by atoms with Gasteiger partial charge in [-0.2, -0.15) is 11.8 Å². The molecule has 21 heavy (non-hydrogen) atoms. The molecule has 0 N–H and O–H groups in total. The Hall–Kier alpha value is -1.11. The quantitative estimate of drug-likeness (QED) is 0.634. The summed E-state index contributed by atoms with van der Waals surface area (Å²) >= 11 is 2.00. The highest BCUT2D eigenvalue weighted by atomic mass is 32.2. The van der Waals surface area contributed by atoms with Gasteiger partial charge in [-0.3, -0.25) is 15.0 Å². The van der Waals surface area contributed by atoms with Crippen LogP contribution in [0.2, 0.25) is 0 Å². The second-order valence-corrected chi connectivity index (χ2v) is 7.04. The van der Waals surface area contributed by atoms with Crippen LogP contribution in [-0.2, 0) is 11.3 Å². The van der Waals surface area contributed by atoms with E-state index in [4.69, 9.17) is 4.74 Å². The first kappa shape index (κ1) is 14.8. The molecule has 114 valence electrons. The van der Waals surface area contributed by atoms with Crippen LogP contribution in [0.15, 0.2) is 18.2 Å². The maximum absolute atomic E-state index is 11.1. The Morgan fingerprint density at radius 3 is 3.19 bits per heavy atom. The summed E-state index contributed by atoms with van der Waals surface area (Å²) in [4.78, 5) is 13.2. The van der Waals surface area contributed by atoms with Crippen molar-refractivity contribution < 1.29 is 9.66 Å². The van der Waals surface area contributed by atoms with E-state index in [0.717, 1.165) is 49.6 Å². The Morgan fingerprint density at radius 2 is 2.38 bits per heavy atom. The van der Waals surface area contributed by atoms with Gasteiger partial charge in [-0.1, -0.05) is 12.1 Å². The standard InChI is InChI=1S/C15H20N2O3S/c1-11-2-3-12(8-14(11)17(18)19)9-16-5-7-21-15-10-20-6-4-13(15)16/h2-3,8,13,15H,4-7,9-10H2,1H3/t13-,15+/m1/s1. The smallest absolute Gasteiger partial charge is 0.272 e. The van der Waals surface area contributed by atoms with Gasteiger partial charge in [0.1, 0.15) is 0 Å². The third-order valence-electron chi connectivity index (χ3n) is 4.30. The highest BCUT2D eigenvalue weighted by Gasteiger charge is 2.34. The molecule has 5 nitrogen and oxygen atoms in total. The zero-order chi connectivity index (χ0) is 14.8. The predicted octanol–water partition coefficient (Wildman–Crippen LogP) is 2.61. The van der Waals surface area contributed by atoms with Gasteiger partial charge in [0.25, 0.3) is 5.69 Å². The number of fused-ring (bicyclic) bond motifs is 1. The topological polar surface area (TPSA) is 55.6 Å².